The maximum absolute atomic E-state index is 13.0. The minimum atomic E-state index is -1.06. The van der Waals surface area contributed by atoms with Gasteiger partial charge >= 0.3 is 5.97 Å². The van der Waals surface area contributed by atoms with E-state index in [4.69, 9.17) is 9.84 Å². The van der Waals surface area contributed by atoms with Crippen LogP contribution in [-0.2, 0) is 23.9 Å². The second-order valence-corrected chi connectivity index (χ2v) is 13.3. The number of hydrogen-bond donors (Lipinski definition) is 4. The van der Waals surface area contributed by atoms with Crippen molar-refractivity contribution in [2.45, 2.75) is 105 Å². The van der Waals surface area contributed by atoms with Crippen LogP contribution in [-0.4, -0.2) is 70.6 Å². The van der Waals surface area contributed by atoms with Gasteiger partial charge in [-0.25, -0.2) is 0 Å². The molecule has 0 fully saturated rings. The van der Waals surface area contributed by atoms with Crippen LogP contribution >= 0.6 is 11.8 Å². The van der Waals surface area contributed by atoms with Gasteiger partial charge in [-0.3, -0.25) is 19.2 Å². The van der Waals surface area contributed by atoms with E-state index in [9.17, 15) is 19.2 Å². The van der Waals surface area contributed by atoms with Crippen LogP contribution in [0.5, 0.6) is 0 Å². The Kier molecular flexibility index (Phi) is 14.7. The molecule has 0 aromatic heterocycles. The number of ether oxygens (including phenoxy) is 1. The Bertz CT molecular complexity index is 732. The van der Waals surface area contributed by atoms with E-state index in [1.807, 2.05) is 48.5 Å². The molecule has 36 heavy (non-hydrogen) atoms. The molecule has 0 aliphatic rings. The molecule has 0 aliphatic carbocycles. The van der Waals surface area contributed by atoms with E-state index in [0.717, 1.165) is 5.75 Å². The molecule has 0 aromatic carbocycles. The van der Waals surface area contributed by atoms with Gasteiger partial charge in [0.15, 0.2) is 0 Å². The van der Waals surface area contributed by atoms with Crippen LogP contribution in [0.1, 0.15) is 88.0 Å². The number of carbonyl (C=O) groups excluding carboxylic acids is 3. The minimum Gasteiger partial charge on any atom is -0.481 e. The maximum Gasteiger partial charge on any atom is 0.303 e. The Balaban J connectivity index is 4.88. The smallest absolute Gasteiger partial charge is 0.303 e. The van der Waals surface area contributed by atoms with Gasteiger partial charge in [0.05, 0.1) is 24.2 Å². The highest BCUT2D eigenvalue weighted by molar-refractivity contribution is 7.99. The molecule has 1 atom stereocenters. The normalized spacial score (nSPS) is 13.3. The van der Waals surface area contributed by atoms with E-state index in [2.05, 4.69) is 29.8 Å². The number of carbonyl (C=O) groups is 4. The summed E-state index contributed by atoms with van der Waals surface area (Å²) in [6, 6.07) is -0.777. The van der Waals surface area contributed by atoms with E-state index in [1.54, 1.807) is 11.8 Å². The zero-order chi connectivity index (χ0) is 28.2. The fraction of sp³-hybridized carbons (Fsp3) is 0.846. The third kappa shape index (κ3) is 18.5. The van der Waals surface area contributed by atoms with Gasteiger partial charge in [-0.1, -0.05) is 34.6 Å². The summed E-state index contributed by atoms with van der Waals surface area (Å²) in [6.45, 7) is 18.5. The first-order valence-corrected chi connectivity index (χ1v) is 13.8. The van der Waals surface area contributed by atoms with Crippen molar-refractivity contribution in [3.05, 3.63) is 0 Å². The van der Waals surface area contributed by atoms with Crippen molar-refractivity contribution in [2.75, 3.05) is 24.7 Å². The van der Waals surface area contributed by atoms with Gasteiger partial charge in [-0.05, 0) is 51.2 Å². The number of nitrogens with one attached hydrogen (secondary N) is 3. The first-order chi connectivity index (χ1) is 16.3. The SMILES string of the molecule is CC(C)CSC[C@H](NC(=O)CCC(=O)O)C(=O)NC(C)(C)COC(C)(C)CCNC(=O)CC(C)(C)C. The summed E-state index contributed by atoms with van der Waals surface area (Å²) in [4.78, 5) is 48.0. The van der Waals surface area contributed by atoms with Crippen LogP contribution in [0.25, 0.3) is 0 Å². The van der Waals surface area contributed by atoms with Crippen LogP contribution in [0, 0.1) is 11.3 Å². The molecule has 3 amide bonds. The summed E-state index contributed by atoms with van der Waals surface area (Å²) in [5.41, 5.74) is -1.30. The standard InChI is InChI=1S/C26H49N3O6S/c1-18(2)15-36-16-19(28-20(30)10-11-22(32)33)23(34)29-25(6,7)17-35-26(8,9)12-13-27-21(31)14-24(3,4)5/h18-19H,10-17H2,1-9H3,(H,27,31)(H,28,30)(H,29,34)(H,32,33)/t19-/m0/s1. The Morgan fingerprint density at radius 1 is 0.917 bits per heavy atom. The predicted molar refractivity (Wildman–Crippen MR) is 145 cm³/mol. The molecule has 0 aromatic rings. The summed E-state index contributed by atoms with van der Waals surface area (Å²) in [5, 5.41) is 17.4. The molecule has 4 N–H and O–H groups in total. The topological polar surface area (TPSA) is 134 Å². The third-order valence-electron chi connectivity index (χ3n) is 4.98. The molecule has 0 bridgehead atoms. The van der Waals surface area contributed by atoms with Crippen molar-refractivity contribution in [3.8, 4) is 0 Å². The lowest BCUT2D eigenvalue weighted by Crippen LogP contribution is -2.56. The molecule has 0 radical (unpaired) electrons. The molecule has 0 saturated carbocycles. The largest absolute Gasteiger partial charge is 0.481 e. The van der Waals surface area contributed by atoms with E-state index in [0.29, 0.717) is 31.1 Å². The highest BCUT2D eigenvalue weighted by Gasteiger charge is 2.30. The maximum atomic E-state index is 13.0. The van der Waals surface area contributed by atoms with Gasteiger partial charge in [0, 0.05) is 25.1 Å². The predicted octanol–water partition coefficient (Wildman–Crippen LogP) is 3.36. The number of amides is 3. The first kappa shape index (κ1) is 34.2. The number of aliphatic carboxylic acids is 1. The first-order valence-electron chi connectivity index (χ1n) is 12.6. The van der Waals surface area contributed by atoms with Crippen molar-refractivity contribution in [1.82, 2.24) is 16.0 Å². The number of carboxylic acid groups (broad SMARTS) is 1. The Morgan fingerprint density at radius 2 is 1.53 bits per heavy atom. The van der Waals surface area contributed by atoms with Gasteiger partial charge in [0.2, 0.25) is 17.7 Å². The molecule has 210 valence electrons. The van der Waals surface area contributed by atoms with Gasteiger partial charge in [0.25, 0.3) is 0 Å². The van der Waals surface area contributed by atoms with E-state index >= 15 is 0 Å². The highest BCUT2D eigenvalue weighted by Crippen LogP contribution is 2.19. The third-order valence-corrected chi connectivity index (χ3v) is 6.45. The quantitative estimate of drug-likeness (QED) is 0.226. The fourth-order valence-electron chi connectivity index (χ4n) is 3.04. The Morgan fingerprint density at radius 3 is 2.06 bits per heavy atom. The molecule has 0 saturated heterocycles. The average Bonchev–Trinajstić information content (AvgIpc) is 2.68. The van der Waals surface area contributed by atoms with Crippen LogP contribution in [0.2, 0.25) is 0 Å². The number of thioether (sulfide) groups is 1. The molecule has 0 aliphatic heterocycles. The zero-order valence-corrected chi connectivity index (χ0v) is 24.5. The Labute approximate surface area is 221 Å². The molecule has 0 spiro atoms. The number of carboxylic acids is 1. The molecular formula is C26H49N3O6S. The van der Waals surface area contributed by atoms with Crippen LogP contribution < -0.4 is 16.0 Å². The van der Waals surface area contributed by atoms with Crippen LogP contribution in [0.4, 0.5) is 0 Å². The summed E-state index contributed by atoms with van der Waals surface area (Å²) in [6.07, 6.45) is 0.600. The van der Waals surface area contributed by atoms with Crippen molar-refractivity contribution >= 4 is 35.5 Å². The lowest BCUT2D eigenvalue weighted by Gasteiger charge is -2.34. The van der Waals surface area contributed by atoms with Crippen molar-refractivity contribution in [1.29, 1.82) is 0 Å². The van der Waals surface area contributed by atoms with E-state index in [-0.39, 0.29) is 36.7 Å². The lowest BCUT2D eigenvalue weighted by molar-refractivity contribution is -0.139. The van der Waals surface area contributed by atoms with Crippen molar-refractivity contribution < 1.29 is 29.0 Å². The van der Waals surface area contributed by atoms with Gasteiger partial charge in [0.1, 0.15) is 6.04 Å². The minimum absolute atomic E-state index is 0.0117. The second kappa shape index (κ2) is 15.4. The van der Waals surface area contributed by atoms with Crippen molar-refractivity contribution in [3.63, 3.8) is 0 Å². The monoisotopic (exact) mass is 531 g/mol. The molecule has 10 heteroatoms. The van der Waals surface area contributed by atoms with Crippen molar-refractivity contribution in [2.24, 2.45) is 11.3 Å². The second-order valence-electron chi connectivity index (χ2n) is 12.2. The summed E-state index contributed by atoms with van der Waals surface area (Å²) in [5.74, 6) is -0.192. The van der Waals surface area contributed by atoms with E-state index in [1.165, 1.54) is 0 Å². The average molecular weight is 532 g/mol. The number of hydrogen-bond acceptors (Lipinski definition) is 6. The Hall–Kier alpha value is -1.81. The molecular weight excluding hydrogens is 482 g/mol. The number of rotatable bonds is 17. The molecule has 0 unspecified atom stereocenters. The van der Waals surface area contributed by atoms with Crippen LogP contribution in [0.3, 0.4) is 0 Å². The summed E-state index contributed by atoms with van der Waals surface area (Å²) < 4.78 is 6.09. The summed E-state index contributed by atoms with van der Waals surface area (Å²) in [7, 11) is 0. The van der Waals surface area contributed by atoms with Crippen LogP contribution in [0.15, 0.2) is 0 Å². The fourth-order valence-corrected chi connectivity index (χ4v) is 4.12. The lowest BCUT2D eigenvalue weighted by atomic mass is 9.92. The zero-order valence-electron chi connectivity index (χ0n) is 23.7. The molecule has 0 rings (SSSR count). The van der Waals surface area contributed by atoms with Gasteiger partial charge < -0.3 is 25.8 Å². The van der Waals surface area contributed by atoms with Gasteiger partial charge in [-0.15, -0.1) is 0 Å². The van der Waals surface area contributed by atoms with E-state index < -0.39 is 29.1 Å². The van der Waals surface area contributed by atoms with Gasteiger partial charge in [-0.2, -0.15) is 11.8 Å². The molecule has 0 heterocycles. The summed E-state index contributed by atoms with van der Waals surface area (Å²) >= 11 is 1.56. The highest BCUT2D eigenvalue weighted by atomic mass is 32.2. The molecule has 9 nitrogen and oxygen atoms in total.